The highest BCUT2D eigenvalue weighted by molar-refractivity contribution is 5.96. The van der Waals surface area contributed by atoms with Crippen LogP contribution in [0, 0.1) is 11.3 Å². The number of aliphatic carboxylic acids is 1. The standard InChI is InChI=1S/C18H24N2O5/c1-12(2)18(17(23)24)7-8-20(11-18)15(21)10-19-16(22)13-5-4-6-14(9-13)25-3/h4-6,9,12H,7-8,10-11H2,1-3H3,(H,19,22)(H,23,24). The number of methoxy groups -OCH3 is 1. The van der Waals surface area contributed by atoms with Gasteiger partial charge < -0.3 is 20.1 Å². The largest absolute Gasteiger partial charge is 0.497 e. The number of carbonyl (C=O) groups excluding carboxylic acids is 2. The van der Waals surface area contributed by atoms with E-state index in [-0.39, 0.29) is 30.8 Å². The molecule has 0 bridgehead atoms. The molecule has 0 aromatic heterocycles. The number of carboxylic acids is 1. The van der Waals surface area contributed by atoms with Gasteiger partial charge in [0.1, 0.15) is 5.75 Å². The highest BCUT2D eigenvalue weighted by Crippen LogP contribution is 2.38. The van der Waals surface area contributed by atoms with Gasteiger partial charge in [-0.15, -0.1) is 0 Å². The molecule has 25 heavy (non-hydrogen) atoms. The summed E-state index contributed by atoms with van der Waals surface area (Å²) in [7, 11) is 1.51. The van der Waals surface area contributed by atoms with Crippen molar-refractivity contribution in [2.75, 3.05) is 26.7 Å². The average Bonchev–Trinajstić information content (AvgIpc) is 3.06. The van der Waals surface area contributed by atoms with Crippen LogP contribution in [0.2, 0.25) is 0 Å². The van der Waals surface area contributed by atoms with Gasteiger partial charge in [0.05, 0.1) is 19.1 Å². The number of hydrogen-bond acceptors (Lipinski definition) is 4. The Hall–Kier alpha value is -2.57. The summed E-state index contributed by atoms with van der Waals surface area (Å²) in [6.45, 7) is 4.11. The third kappa shape index (κ3) is 3.92. The maximum absolute atomic E-state index is 12.3. The van der Waals surface area contributed by atoms with E-state index in [0.717, 1.165) is 0 Å². The number of likely N-dealkylation sites (tertiary alicyclic amines) is 1. The molecule has 1 fully saturated rings. The normalized spacial score (nSPS) is 19.8. The number of carboxylic acid groups (broad SMARTS) is 1. The van der Waals surface area contributed by atoms with Crippen LogP contribution in [-0.4, -0.2) is 54.5 Å². The van der Waals surface area contributed by atoms with E-state index in [1.807, 2.05) is 13.8 Å². The number of rotatable bonds is 6. The van der Waals surface area contributed by atoms with Crippen molar-refractivity contribution >= 4 is 17.8 Å². The highest BCUT2D eigenvalue weighted by Gasteiger charge is 2.48. The molecule has 1 aromatic carbocycles. The first-order valence-corrected chi connectivity index (χ1v) is 8.23. The van der Waals surface area contributed by atoms with Gasteiger partial charge in [-0.05, 0) is 30.5 Å². The fourth-order valence-corrected chi connectivity index (χ4v) is 3.07. The number of hydrogen-bond donors (Lipinski definition) is 2. The first-order chi connectivity index (χ1) is 11.8. The van der Waals surface area contributed by atoms with Crippen molar-refractivity contribution < 1.29 is 24.2 Å². The van der Waals surface area contributed by atoms with E-state index in [2.05, 4.69) is 5.32 Å². The molecule has 7 nitrogen and oxygen atoms in total. The zero-order valence-electron chi connectivity index (χ0n) is 14.7. The molecule has 0 saturated carbocycles. The van der Waals surface area contributed by atoms with Crippen molar-refractivity contribution in [2.24, 2.45) is 11.3 Å². The molecule has 136 valence electrons. The van der Waals surface area contributed by atoms with Crippen molar-refractivity contribution in [2.45, 2.75) is 20.3 Å². The minimum atomic E-state index is -0.910. The van der Waals surface area contributed by atoms with Crippen LogP contribution in [0.15, 0.2) is 24.3 Å². The fraction of sp³-hybridized carbons (Fsp3) is 0.500. The van der Waals surface area contributed by atoms with Crippen LogP contribution in [-0.2, 0) is 9.59 Å². The summed E-state index contributed by atoms with van der Waals surface area (Å²) >= 11 is 0. The van der Waals surface area contributed by atoms with Crippen molar-refractivity contribution in [3.05, 3.63) is 29.8 Å². The van der Waals surface area contributed by atoms with E-state index in [1.165, 1.54) is 12.0 Å². The third-order valence-corrected chi connectivity index (χ3v) is 4.92. The lowest BCUT2D eigenvalue weighted by Gasteiger charge is -2.28. The van der Waals surface area contributed by atoms with Crippen LogP contribution in [0.4, 0.5) is 0 Å². The molecule has 1 saturated heterocycles. The molecule has 1 aromatic rings. The Morgan fingerprint density at radius 3 is 2.64 bits per heavy atom. The molecule has 0 spiro atoms. The summed E-state index contributed by atoms with van der Waals surface area (Å²) in [5, 5.41) is 12.1. The Morgan fingerprint density at radius 1 is 1.36 bits per heavy atom. The fourth-order valence-electron chi connectivity index (χ4n) is 3.07. The maximum Gasteiger partial charge on any atom is 0.311 e. The Balaban J connectivity index is 1.94. The van der Waals surface area contributed by atoms with Gasteiger partial charge in [0.2, 0.25) is 5.91 Å². The molecule has 1 aliphatic rings. The van der Waals surface area contributed by atoms with E-state index >= 15 is 0 Å². The SMILES string of the molecule is COc1cccc(C(=O)NCC(=O)N2CCC(C(=O)O)(C(C)C)C2)c1. The molecule has 7 heteroatoms. The number of nitrogens with one attached hydrogen (secondary N) is 1. The van der Waals surface area contributed by atoms with Crippen molar-refractivity contribution in [1.82, 2.24) is 10.2 Å². The molecular formula is C18H24N2O5. The quantitative estimate of drug-likeness (QED) is 0.810. The number of carbonyl (C=O) groups is 3. The Bertz CT molecular complexity index is 673. The van der Waals surface area contributed by atoms with E-state index < -0.39 is 11.4 Å². The van der Waals surface area contributed by atoms with Crippen LogP contribution < -0.4 is 10.1 Å². The number of nitrogens with zero attached hydrogens (tertiary/aromatic N) is 1. The zero-order valence-corrected chi connectivity index (χ0v) is 14.7. The molecule has 1 unspecified atom stereocenters. The van der Waals surface area contributed by atoms with Gasteiger partial charge in [-0.25, -0.2) is 0 Å². The third-order valence-electron chi connectivity index (χ3n) is 4.92. The monoisotopic (exact) mass is 348 g/mol. The molecule has 2 amide bonds. The summed E-state index contributed by atoms with van der Waals surface area (Å²) in [4.78, 5) is 37.6. The van der Waals surface area contributed by atoms with E-state index in [4.69, 9.17) is 4.74 Å². The van der Waals surface area contributed by atoms with Crippen LogP contribution >= 0.6 is 0 Å². The second kappa shape index (κ2) is 7.55. The lowest BCUT2D eigenvalue weighted by molar-refractivity contribution is -0.151. The van der Waals surface area contributed by atoms with Crippen LogP contribution in [0.5, 0.6) is 5.75 Å². The second-order valence-electron chi connectivity index (χ2n) is 6.60. The van der Waals surface area contributed by atoms with Crippen LogP contribution in [0.1, 0.15) is 30.6 Å². The summed E-state index contributed by atoms with van der Waals surface area (Å²) in [5.74, 6) is -1.05. The Kier molecular flexibility index (Phi) is 5.66. The lowest BCUT2D eigenvalue weighted by atomic mass is 9.76. The number of amides is 2. The van der Waals surface area contributed by atoms with E-state index in [1.54, 1.807) is 24.3 Å². The molecular weight excluding hydrogens is 324 g/mol. The van der Waals surface area contributed by atoms with Crippen molar-refractivity contribution in [1.29, 1.82) is 0 Å². The predicted molar refractivity (Wildman–Crippen MR) is 91.4 cm³/mol. The van der Waals surface area contributed by atoms with Gasteiger partial charge >= 0.3 is 5.97 Å². The molecule has 1 aliphatic heterocycles. The Morgan fingerprint density at radius 2 is 2.08 bits per heavy atom. The molecule has 1 atom stereocenters. The van der Waals surface area contributed by atoms with Gasteiger partial charge in [-0.2, -0.15) is 0 Å². The molecule has 1 heterocycles. The molecule has 2 rings (SSSR count). The van der Waals surface area contributed by atoms with Crippen molar-refractivity contribution in [3.63, 3.8) is 0 Å². The molecule has 0 radical (unpaired) electrons. The maximum atomic E-state index is 12.3. The van der Waals surface area contributed by atoms with Crippen LogP contribution in [0.25, 0.3) is 0 Å². The van der Waals surface area contributed by atoms with E-state index in [9.17, 15) is 19.5 Å². The van der Waals surface area contributed by atoms with Gasteiger partial charge in [0.25, 0.3) is 5.91 Å². The topological polar surface area (TPSA) is 95.9 Å². The first-order valence-electron chi connectivity index (χ1n) is 8.23. The van der Waals surface area contributed by atoms with Crippen LogP contribution in [0.3, 0.4) is 0 Å². The van der Waals surface area contributed by atoms with Gasteiger partial charge in [-0.3, -0.25) is 14.4 Å². The highest BCUT2D eigenvalue weighted by atomic mass is 16.5. The number of benzene rings is 1. The summed E-state index contributed by atoms with van der Waals surface area (Å²) in [5.41, 5.74) is -0.512. The molecule has 0 aliphatic carbocycles. The van der Waals surface area contributed by atoms with E-state index in [0.29, 0.717) is 24.3 Å². The lowest BCUT2D eigenvalue weighted by Crippen LogP contribution is -2.43. The smallest absolute Gasteiger partial charge is 0.311 e. The van der Waals surface area contributed by atoms with Gasteiger partial charge in [0, 0.05) is 18.7 Å². The van der Waals surface area contributed by atoms with Gasteiger partial charge in [0.15, 0.2) is 0 Å². The second-order valence-corrected chi connectivity index (χ2v) is 6.60. The summed E-state index contributed by atoms with van der Waals surface area (Å²) < 4.78 is 5.07. The predicted octanol–water partition coefficient (Wildman–Crippen LogP) is 1.38. The van der Waals surface area contributed by atoms with Crippen molar-refractivity contribution in [3.8, 4) is 5.75 Å². The minimum Gasteiger partial charge on any atom is -0.497 e. The molecule has 2 N–H and O–H groups in total. The van der Waals surface area contributed by atoms with Gasteiger partial charge in [-0.1, -0.05) is 19.9 Å². The summed E-state index contributed by atoms with van der Waals surface area (Å²) in [6, 6.07) is 6.64. The Labute approximate surface area is 147 Å². The first kappa shape index (κ1) is 18.8. The summed E-state index contributed by atoms with van der Waals surface area (Å²) in [6.07, 6.45) is 0.426. The number of ether oxygens (including phenoxy) is 1. The average molecular weight is 348 g/mol. The minimum absolute atomic E-state index is 0.0748. The zero-order chi connectivity index (χ0) is 18.6.